The normalized spacial score (nSPS) is 14.6. The fourth-order valence-electron chi connectivity index (χ4n) is 1.25. The third-order valence-electron chi connectivity index (χ3n) is 1.98. The molecule has 15 heavy (non-hydrogen) atoms. The summed E-state index contributed by atoms with van der Waals surface area (Å²) < 4.78 is 10.7. The van der Waals surface area contributed by atoms with Gasteiger partial charge in [-0.05, 0) is 13.3 Å². The van der Waals surface area contributed by atoms with Crippen LogP contribution in [0, 0.1) is 0 Å². The minimum Gasteiger partial charge on any atom is -0.353 e. The molecule has 1 amide bonds. The van der Waals surface area contributed by atoms with E-state index in [-0.39, 0.29) is 11.9 Å². The smallest absolute Gasteiger partial charge is 0.234 e. The van der Waals surface area contributed by atoms with Gasteiger partial charge in [0.2, 0.25) is 5.91 Å². The summed E-state index contributed by atoms with van der Waals surface area (Å²) in [6.45, 7) is 5.03. The van der Waals surface area contributed by atoms with Crippen LogP contribution in [0.3, 0.4) is 0 Å². The van der Waals surface area contributed by atoms with E-state index in [1.807, 2.05) is 6.92 Å². The van der Waals surface area contributed by atoms with Crippen molar-refractivity contribution in [3.8, 4) is 0 Å². The summed E-state index contributed by atoms with van der Waals surface area (Å²) in [5.41, 5.74) is 0. The van der Waals surface area contributed by atoms with E-state index in [0.717, 1.165) is 12.8 Å². The van der Waals surface area contributed by atoms with Crippen molar-refractivity contribution in [2.45, 2.75) is 32.7 Å². The molecule has 0 aromatic heterocycles. The van der Waals surface area contributed by atoms with Gasteiger partial charge in [-0.1, -0.05) is 13.3 Å². The molecule has 0 aromatic carbocycles. The predicted octanol–water partition coefficient (Wildman–Crippen LogP) is 0.259. The fraction of sp³-hybridized carbons (Fsp3) is 0.900. The Hall–Kier alpha value is -0.420. The molecule has 0 aliphatic heterocycles. The van der Waals surface area contributed by atoms with Gasteiger partial charge in [0.1, 0.15) is 0 Å². The maximum atomic E-state index is 11.3. The van der Waals surface area contributed by atoms with Crippen molar-refractivity contribution in [1.82, 2.24) is 10.6 Å². The Labute approximate surface area is 94.7 Å². The van der Waals surface area contributed by atoms with Gasteiger partial charge in [-0.2, -0.15) is 0 Å². The van der Waals surface area contributed by atoms with Crippen molar-refractivity contribution in [2.24, 2.45) is 0 Å². The van der Waals surface area contributed by atoms with Crippen molar-refractivity contribution in [1.29, 1.82) is 0 Å². The van der Waals surface area contributed by atoms with E-state index in [0.29, 0.717) is 18.8 Å². The minimum atomic E-state index is -0.788. The summed E-state index contributed by atoms with van der Waals surface area (Å²) >= 11 is 0. The highest BCUT2D eigenvalue weighted by Crippen LogP contribution is 1.93. The van der Waals surface area contributed by atoms with Gasteiger partial charge in [0.15, 0.2) is 0 Å². The van der Waals surface area contributed by atoms with Crippen LogP contribution in [0.25, 0.3) is 0 Å². The van der Waals surface area contributed by atoms with Gasteiger partial charge in [-0.25, -0.2) is 0 Å². The summed E-state index contributed by atoms with van der Waals surface area (Å²) in [7, 11) is -0.788. The van der Waals surface area contributed by atoms with Crippen LogP contribution in [-0.4, -0.2) is 41.3 Å². The van der Waals surface area contributed by atoms with Crippen LogP contribution in [-0.2, 0) is 15.6 Å². The van der Waals surface area contributed by atoms with Gasteiger partial charge in [0.25, 0.3) is 0 Å². The first kappa shape index (κ1) is 14.6. The van der Waals surface area contributed by atoms with Crippen molar-refractivity contribution >= 4 is 16.7 Å². The molecule has 0 radical (unpaired) electrons. The van der Waals surface area contributed by atoms with Crippen molar-refractivity contribution in [3.63, 3.8) is 0 Å². The van der Waals surface area contributed by atoms with Gasteiger partial charge in [-0.3, -0.25) is 9.00 Å². The largest absolute Gasteiger partial charge is 0.353 e. The predicted molar refractivity (Wildman–Crippen MR) is 64.3 cm³/mol. The van der Waals surface area contributed by atoms with E-state index in [4.69, 9.17) is 0 Å². The van der Waals surface area contributed by atoms with Crippen molar-refractivity contribution in [2.75, 3.05) is 25.1 Å². The Bertz CT molecular complexity index is 210. The molecule has 0 aliphatic carbocycles. The lowest BCUT2D eigenvalue weighted by molar-refractivity contribution is -0.120. The van der Waals surface area contributed by atoms with E-state index < -0.39 is 10.8 Å². The number of rotatable bonds is 8. The molecule has 90 valence electrons. The second-order valence-corrected chi connectivity index (χ2v) is 5.27. The Kier molecular flexibility index (Phi) is 8.61. The van der Waals surface area contributed by atoms with Gasteiger partial charge in [0.05, 0.1) is 6.54 Å². The molecule has 0 bridgehead atoms. The molecule has 0 saturated heterocycles. The number of carbonyl (C=O) groups excluding carboxylic acids is 1. The number of amides is 1. The van der Waals surface area contributed by atoms with E-state index in [9.17, 15) is 9.00 Å². The summed E-state index contributed by atoms with van der Waals surface area (Å²) in [5.74, 6) is 0.607. The first-order chi connectivity index (χ1) is 7.06. The molecule has 2 N–H and O–H groups in total. The Morgan fingerprint density at radius 2 is 2.13 bits per heavy atom. The van der Waals surface area contributed by atoms with Crippen LogP contribution < -0.4 is 10.6 Å². The zero-order chi connectivity index (χ0) is 11.7. The number of nitrogens with one attached hydrogen (secondary N) is 2. The second kappa shape index (κ2) is 8.85. The average molecular weight is 234 g/mol. The van der Waals surface area contributed by atoms with Crippen molar-refractivity contribution < 1.29 is 9.00 Å². The molecule has 0 aromatic rings. The molecule has 0 rings (SSSR count). The topological polar surface area (TPSA) is 58.2 Å². The van der Waals surface area contributed by atoms with Gasteiger partial charge in [-0.15, -0.1) is 0 Å². The highest BCUT2D eigenvalue weighted by molar-refractivity contribution is 7.84. The lowest BCUT2D eigenvalue weighted by atomic mass is 10.2. The first-order valence-corrected chi connectivity index (χ1v) is 7.09. The summed E-state index contributed by atoms with van der Waals surface area (Å²) in [4.78, 5) is 11.3. The van der Waals surface area contributed by atoms with Crippen LogP contribution in [0.15, 0.2) is 0 Å². The monoisotopic (exact) mass is 234 g/mol. The molecule has 0 aliphatic rings. The molecule has 0 fully saturated rings. The van der Waals surface area contributed by atoms with Gasteiger partial charge >= 0.3 is 0 Å². The number of hydrogen-bond acceptors (Lipinski definition) is 3. The molecule has 5 heteroatoms. The van der Waals surface area contributed by atoms with Crippen molar-refractivity contribution in [3.05, 3.63) is 0 Å². The quantitative estimate of drug-likeness (QED) is 0.592. The van der Waals surface area contributed by atoms with Gasteiger partial charge in [0, 0.05) is 35.4 Å². The third kappa shape index (κ3) is 9.87. The lowest BCUT2D eigenvalue weighted by Gasteiger charge is -2.12. The first-order valence-electron chi connectivity index (χ1n) is 5.36. The number of hydrogen-bond donors (Lipinski definition) is 2. The third-order valence-corrected chi connectivity index (χ3v) is 2.76. The Balaban J connectivity index is 3.44. The summed E-state index contributed by atoms with van der Waals surface area (Å²) in [6.07, 6.45) is 3.74. The average Bonchev–Trinajstić information content (AvgIpc) is 2.12. The molecular weight excluding hydrogens is 212 g/mol. The molecule has 2 unspecified atom stereocenters. The highest BCUT2D eigenvalue weighted by Gasteiger charge is 2.05. The van der Waals surface area contributed by atoms with Gasteiger partial charge < -0.3 is 10.6 Å². The summed E-state index contributed by atoms with van der Waals surface area (Å²) in [6, 6.07) is 0.240. The minimum absolute atomic E-state index is 0.0119. The lowest BCUT2D eigenvalue weighted by Crippen LogP contribution is -2.39. The number of carbonyl (C=O) groups is 1. The van der Waals surface area contributed by atoms with Crippen LogP contribution in [0.5, 0.6) is 0 Å². The van der Waals surface area contributed by atoms with E-state index in [1.54, 1.807) is 6.26 Å². The molecular formula is C10H22N2O2S. The van der Waals surface area contributed by atoms with E-state index in [1.165, 1.54) is 0 Å². The van der Waals surface area contributed by atoms with E-state index in [2.05, 4.69) is 17.6 Å². The van der Waals surface area contributed by atoms with Crippen LogP contribution in [0.1, 0.15) is 26.7 Å². The van der Waals surface area contributed by atoms with Crippen LogP contribution in [0.4, 0.5) is 0 Å². The molecule has 2 atom stereocenters. The molecule has 4 nitrogen and oxygen atoms in total. The Morgan fingerprint density at radius 1 is 1.47 bits per heavy atom. The fourth-order valence-corrected chi connectivity index (χ4v) is 1.68. The Morgan fingerprint density at radius 3 is 2.67 bits per heavy atom. The molecule has 0 saturated carbocycles. The SMILES string of the molecule is CCCC(C)NC(=O)CNCCS(C)=O. The van der Waals surface area contributed by atoms with Crippen LogP contribution in [0.2, 0.25) is 0 Å². The maximum Gasteiger partial charge on any atom is 0.234 e. The highest BCUT2D eigenvalue weighted by atomic mass is 32.2. The zero-order valence-electron chi connectivity index (χ0n) is 9.84. The molecule has 0 heterocycles. The standard InChI is InChI=1S/C10H22N2O2S/c1-4-5-9(2)12-10(13)8-11-6-7-15(3)14/h9,11H,4-8H2,1-3H3,(H,12,13). The maximum absolute atomic E-state index is 11.3. The van der Waals surface area contributed by atoms with E-state index >= 15 is 0 Å². The molecule has 0 spiro atoms. The second-order valence-electron chi connectivity index (χ2n) is 3.71. The van der Waals surface area contributed by atoms with Crippen LogP contribution >= 0.6 is 0 Å². The summed E-state index contributed by atoms with van der Waals surface area (Å²) in [5, 5.41) is 5.85. The zero-order valence-corrected chi connectivity index (χ0v) is 10.7.